The Labute approximate surface area is 130 Å². The maximum absolute atomic E-state index is 12.8. The number of amides is 1. The number of rotatable bonds is 2. The molecule has 1 saturated heterocycles. The highest BCUT2D eigenvalue weighted by atomic mass is 16.7. The fourth-order valence-corrected chi connectivity index (χ4v) is 4.27. The molecule has 1 aromatic carbocycles. The average Bonchev–Trinajstić information content (AvgIpc) is 3.00. The maximum Gasteiger partial charge on any atom is 0.254 e. The Kier molecular flexibility index (Phi) is 3.31. The van der Waals surface area contributed by atoms with Crippen LogP contribution in [0.15, 0.2) is 36.9 Å². The zero-order valence-corrected chi connectivity index (χ0v) is 12.7. The van der Waals surface area contributed by atoms with Crippen LogP contribution in [0.3, 0.4) is 0 Å². The summed E-state index contributed by atoms with van der Waals surface area (Å²) < 4.78 is 11.8. The van der Waals surface area contributed by atoms with Crippen molar-refractivity contribution in [1.82, 2.24) is 4.90 Å². The van der Waals surface area contributed by atoms with E-state index >= 15 is 0 Å². The van der Waals surface area contributed by atoms with Gasteiger partial charge in [0.2, 0.25) is 0 Å². The first kappa shape index (κ1) is 14.0. The fraction of sp³-hybridized carbons (Fsp3) is 0.500. The highest BCUT2D eigenvalue weighted by molar-refractivity contribution is 5.97. The Morgan fingerprint density at radius 1 is 1.32 bits per heavy atom. The normalized spacial score (nSPS) is 29.3. The first-order valence-corrected chi connectivity index (χ1v) is 8.03. The minimum atomic E-state index is -0.436. The Morgan fingerprint density at radius 3 is 2.86 bits per heavy atom. The molecule has 4 nitrogen and oxygen atoms in total. The molecule has 4 heteroatoms. The van der Waals surface area contributed by atoms with E-state index < -0.39 is 5.79 Å². The van der Waals surface area contributed by atoms with Crippen LogP contribution in [-0.4, -0.2) is 42.4 Å². The second-order valence-electron chi connectivity index (χ2n) is 6.36. The second-order valence-corrected chi connectivity index (χ2v) is 6.36. The van der Waals surface area contributed by atoms with Crippen LogP contribution in [0, 0.1) is 0 Å². The molecule has 22 heavy (non-hydrogen) atoms. The SMILES string of the molecule is C=CCN1C(=O)c2ccccc2[C@@H]2CC3(CC[C@H]21)OCCO3. The summed E-state index contributed by atoms with van der Waals surface area (Å²) in [5.74, 6) is -0.0317. The number of nitrogens with zero attached hydrogens (tertiary/aromatic N) is 1. The topological polar surface area (TPSA) is 38.8 Å². The first-order valence-electron chi connectivity index (χ1n) is 8.03. The van der Waals surface area contributed by atoms with Crippen molar-refractivity contribution in [3.63, 3.8) is 0 Å². The summed E-state index contributed by atoms with van der Waals surface area (Å²) in [4.78, 5) is 14.8. The van der Waals surface area contributed by atoms with Crippen molar-refractivity contribution in [3.05, 3.63) is 48.0 Å². The van der Waals surface area contributed by atoms with E-state index in [9.17, 15) is 4.79 Å². The molecule has 1 aliphatic carbocycles. The van der Waals surface area contributed by atoms with Crippen LogP contribution in [0.2, 0.25) is 0 Å². The molecule has 1 saturated carbocycles. The first-order chi connectivity index (χ1) is 10.7. The Morgan fingerprint density at radius 2 is 2.09 bits per heavy atom. The number of benzene rings is 1. The van der Waals surface area contributed by atoms with Gasteiger partial charge in [-0.2, -0.15) is 0 Å². The number of fused-ring (bicyclic) bond motifs is 3. The molecule has 4 rings (SSSR count). The van der Waals surface area contributed by atoms with Crippen molar-refractivity contribution < 1.29 is 14.3 Å². The third-order valence-electron chi connectivity index (χ3n) is 5.21. The molecule has 1 spiro atoms. The maximum atomic E-state index is 12.8. The van der Waals surface area contributed by atoms with E-state index in [1.165, 1.54) is 0 Å². The van der Waals surface area contributed by atoms with E-state index in [2.05, 4.69) is 12.6 Å². The third-order valence-corrected chi connectivity index (χ3v) is 5.21. The van der Waals surface area contributed by atoms with Crippen molar-refractivity contribution in [2.24, 2.45) is 0 Å². The van der Waals surface area contributed by atoms with Crippen molar-refractivity contribution >= 4 is 5.91 Å². The van der Waals surface area contributed by atoms with Crippen molar-refractivity contribution in [2.75, 3.05) is 19.8 Å². The minimum Gasteiger partial charge on any atom is -0.348 e. The lowest BCUT2D eigenvalue weighted by atomic mass is 9.72. The Bertz CT molecular complexity index is 606. The summed E-state index contributed by atoms with van der Waals surface area (Å²) in [7, 11) is 0. The van der Waals surface area contributed by atoms with E-state index in [1.54, 1.807) is 0 Å². The number of hydrogen-bond donors (Lipinski definition) is 0. The molecule has 1 aromatic rings. The van der Waals surface area contributed by atoms with E-state index in [0.717, 1.165) is 30.4 Å². The number of carbonyl (C=O) groups excluding carboxylic acids is 1. The summed E-state index contributed by atoms with van der Waals surface area (Å²) in [6, 6.07) is 8.19. The molecular weight excluding hydrogens is 278 g/mol. The zero-order valence-electron chi connectivity index (χ0n) is 12.7. The molecule has 0 N–H and O–H groups in total. The van der Waals surface area contributed by atoms with Crippen molar-refractivity contribution in [3.8, 4) is 0 Å². The number of ether oxygens (including phenoxy) is 2. The molecule has 116 valence electrons. The second kappa shape index (κ2) is 5.21. The van der Waals surface area contributed by atoms with Crippen LogP contribution >= 0.6 is 0 Å². The Balaban J connectivity index is 1.75. The molecule has 2 fully saturated rings. The van der Waals surface area contributed by atoms with Gasteiger partial charge in [0, 0.05) is 36.9 Å². The van der Waals surface area contributed by atoms with Crippen molar-refractivity contribution in [2.45, 2.75) is 37.0 Å². The molecule has 3 aliphatic rings. The van der Waals surface area contributed by atoms with Gasteiger partial charge in [-0.3, -0.25) is 4.79 Å². The average molecular weight is 299 g/mol. The van der Waals surface area contributed by atoms with Gasteiger partial charge in [0.25, 0.3) is 5.91 Å². The van der Waals surface area contributed by atoms with Crippen LogP contribution in [0.25, 0.3) is 0 Å². The van der Waals surface area contributed by atoms with E-state index in [1.807, 2.05) is 29.2 Å². The van der Waals surface area contributed by atoms with Crippen LogP contribution in [0.1, 0.15) is 41.1 Å². The molecular formula is C18H21NO3. The lowest BCUT2D eigenvalue weighted by Gasteiger charge is -2.48. The summed E-state index contributed by atoms with van der Waals surface area (Å²) >= 11 is 0. The summed E-state index contributed by atoms with van der Waals surface area (Å²) in [5, 5.41) is 0. The fourth-order valence-electron chi connectivity index (χ4n) is 4.27. The van der Waals surface area contributed by atoms with Gasteiger partial charge in [-0.25, -0.2) is 0 Å². The van der Waals surface area contributed by atoms with Crippen molar-refractivity contribution in [1.29, 1.82) is 0 Å². The van der Waals surface area contributed by atoms with Gasteiger partial charge < -0.3 is 14.4 Å². The van der Waals surface area contributed by atoms with E-state index in [-0.39, 0.29) is 17.9 Å². The number of hydrogen-bond acceptors (Lipinski definition) is 3. The third kappa shape index (κ3) is 2.02. The van der Waals surface area contributed by atoms with Gasteiger partial charge in [-0.05, 0) is 18.1 Å². The lowest BCUT2D eigenvalue weighted by Crippen LogP contribution is -2.53. The molecule has 2 heterocycles. The van der Waals surface area contributed by atoms with Gasteiger partial charge >= 0.3 is 0 Å². The van der Waals surface area contributed by atoms with Gasteiger partial charge in [0.05, 0.1) is 13.2 Å². The molecule has 0 bridgehead atoms. The molecule has 2 aliphatic heterocycles. The molecule has 2 atom stereocenters. The van der Waals surface area contributed by atoms with Gasteiger partial charge in [-0.1, -0.05) is 24.3 Å². The zero-order chi connectivity index (χ0) is 15.2. The standard InChI is InChI=1S/C18H21NO3/c1-2-9-19-16-7-8-18(21-10-11-22-18)12-15(16)13-5-3-4-6-14(13)17(19)20/h2-6,15-16H,1,7-12H2/t15-,16+/m0/s1. The van der Waals surface area contributed by atoms with E-state index in [0.29, 0.717) is 19.8 Å². The Hall–Kier alpha value is -1.65. The van der Waals surface area contributed by atoms with Crippen LogP contribution in [-0.2, 0) is 9.47 Å². The minimum absolute atomic E-state index is 0.126. The quantitative estimate of drug-likeness (QED) is 0.788. The van der Waals surface area contributed by atoms with Gasteiger partial charge in [0.1, 0.15) is 0 Å². The van der Waals surface area contributed by atoms with Gasteiger partial charge in [-0.15, -0.1) is 6.58 Å². The van der Waals surface area contributed by atoms with Crippen LogP contribution in [0.5, 0.6) is 0 Å². The smallest absolute Gasteiger partial charge is 0.254 e. The summed E-state index contributed by atoms with van der Waals surface area (Å²) in [6.45, 7) is 5.76. The molecule has 0 unspecified atom stereocenters. The highest BCUT2D eigenvalue weighted by Gasteiger charge is 2.50. The lowest BCUT2D eigenvalue weighted by molar-refractivity contribution is -0.187. The highest BCUT2D eigenvalue weighted by Crippen LogP contribution is 2.48. The largest absolute Gasteiger partial charge is 0.348 e. The predicted octanol–water partition coefficient (Wildman–Crippen LogP) is 2.71. The predicted molar refractivity (Wildman–Crippen MR) is 82.7 cm³/mol. The summed E-state index contributed by atoms with van der Waals surface area (Å²) in [5.41, 5.74) is 1.97. The molecule has 1 amide bonds. The van der Waals surface area contributed by atoms with Crippen LogP contribution in [0.4, 0.5) is 0 Å². The molecule has 0 radical (unpaired) electrons. The molecule has 0 aromatic heterocycles. The van der Waals surface area contributed by atoms with E-state index in [4.69, 9.17) is 9.47 Å². The number of carbonyl (C=O) groups is 1. The summed E-state index contributed by atoms with van der Waals surface area (Å²) in [6.07, 6.45) is 4.42. The van der Waals surface area contributed by atoms with Crippen LogP contribution < -0.4 is 0 Å². The monoisotopic (exact) mass is 299 g/mol. The van der Waals surface area contributed by atoms with Gasteiger partial charge in [0.15, 0.2) is 5.79 Å².